The lowest BCUT2D eigenvalue weighted by Crippen LogP contribution is -2.52. The number of benzene rings is 3. The van der Waals surface area contributed by atoms with Gasteiger partial charge in [0.05, 0.1) is 0 Å². The first-order valence-corrected chi connectivity index (χ1v) is 15.0. The average Bonchev–Trinajstić information content (AvgIpc) is 2.94. The van der Waals surface area contributed by atoms with Crippen molar-refractivity contribution in [3.8, 4) is 0 Å². The van der Waals surface area contributed by atoms with Gasteiger partial charge in [0.1, 0.15) is 6.04 Å². The minimum absolute atomic E-state index is 0.0149. The Bertz CT molecular complexity index is 1240. The van der Waals surface area contributed by atoms with Gasteiger partial charge in [-0.15, -0.1) is 0 Å². The lowest BCUT2D eigenvalue weighted by atomic mass is 9.86. The SMILES string of the molecule is Cc1cccc(CN(C(=O)CCc2ccc(C(C)(C)C)cc2)[C@H](Cc2ccccc2)C(=O)NC2CCCCC2)c1. The fourth-order valence-corrected chi connectivity index (χ4v) is 5.67. The van der Waals surface area contributed by atoms with Crippen LogP contribution in [0.15, 0.2) is 78.9 Å². The van der Waals surface area contributed by atoms with Crippen LogP contribution >= 0.6 is 0 Å². The topological polar surface area (TPSA) is 49.4 Å². The minimum Gasteiger partial charge on any atom is -0.352 e. The lowest BCUT2D eigenvalue weighted by Gasteiger charge is -2.33. The number of rotatable bonds is 10. The largest absolute Gasteiger partial charge is 0.352 e. The molecule has 2 amide bonds. The number of hydrogen-bond acceptors (Lipinski definition) is 2. The fraction of sp³-hybridized carbons (Fsp3) is 0.444. The van der Waals surface area contributed by atoms with Crippen LogP contribution in [0.5, 0.6) is 0 Å². The first-order chi connectivity index (χ1) is 19.2. The number of carbonyl (C=O) groups excluding carboxylic acids is 2. The van der Waals surface area contributed by atoms with Crippen LogP contribution in [0.25, 0.3) is 0 Å². The highest BCUT2D eigenvalue weighted by Gasteiger charge is 2.31. The molecule has 0 aromatic heterocycles. The molecule has 1 fully saturated rings. The van der Waals surface area contributed by atoms with Gasteiger partial charge in [0.15, 0.2) is 0 Å². The second-order valence-electron chi connectivity index (χ2n) is 12.5. The van der Waals surface area contributed by atoms with E-state index in [-0.39, 0.29) is 23.3 Å². The first kappa shape index (κ1) is 29.6. The first-order valence-electron chi connectivity index (χ1n) is 15.0. The molecule has 4 rings (SSSR count). The Hall–Kier alpha value is -3.40. The van der Waals surface area contributed by atoms with Crippen LogP contribution in [-0.4, -0.2) is 28.8 Å². The highest BCUT2D eigenvalue weighted by molar-refractivity contribution is 5.88. The summed E-state index contributed by atoms with van der Waals surface area (Å²) >= 11 is 0. The molecule has 212 valence electrons. The maximum Gasteiger partial charge on any atom is 0.243 e. The van der Waals surface area contributed by atoms with Crippen molar-refractivity contribution < 1.29 is 9.59 Å². The van der Waals surface area contributed by atoms with Crippen molar-refractivity contribution >= 4 is 11.8 Å². The molecule has 1 atom stereocenters. The zero-order valence-corrected chi connectivity index (χ0v) is 24.8. The van der Waals surface area contributed by atoms with Crippen LogP contribution in [0.4, 0.5) is 0 Å². The Balaban J connectivity index is 1.59. The van der Waals surface area contributed by atoms with E-state index >= 15 is 0 Å². The molecule has 4 nitrogen and oxygen atoms in total. The predicted molar refractivity (Wildman–Crippen MR) is 164 cm³/mol. The molecule has 0 radical (unpaired) electrons. The van der Waals surface area contributed by atoms with Gasteiger partial charge < -0.3 is 10.2 Å². The van der Waals surface area contributed by atoms with Crippen molar-refractivity contribution in [1.29, 1.82) is 0 Å². The van der Waals surface area contributed by atoms with Crippen molar-refractivity contribution in [2.45, 2.75) is 103 Å². The number of nitrogens with one attached hydrogen (secondary N) is 1. The average molecular weight is 539 g/mol. The zero-order valence-electron chi connectivity index (χ0n) is 24.8. The summed E-state index contributed by atoms with van der Waals surface area (Å²) in [6.07, 6.45) is 7.06. The fourth-order valence-electron chi connectivity index (χ4n) is 5.67. The maximum absolute atomic E-state index is 14.0. The molecular formula is C36H46N2O2. The van der Waals surface area contributed by atoms with Gasteiger partial charge in [0.25, 0.3) is 0 Å². The summed E-state index contributed by atoms with van der Waals surface area (Å²) in [4.78, 5) is 29.8. The quantitative estimate of drug-likeness (QED) is 0.294. The lowest BCUT2D eigenvalue weighted by molar-refractivity contribution is -0.141. The molecule has 3 aromatic carbocycles. The van der Waals surface area contributed by atoms with Crippen molar-refractivity contribution in [2.75, 3.05) is 0 Å². The molecule has 0 aliphatic heterocycles. The maximum atomic E-state index is 14.0. The van der Waals surface area contributed by atoms with Gasteiger partial charge in [0, 0.05) is 25.4 Å². The molecule has 0 saturated heterocycles. The number of carbonyl (C=O) groups is 2. The van der Waals surface area contributed by atoms with E-state index in [9.17, 15) is 9.59 Å². The van der Waals surface area contributed by atoms with Crippen molar-refractivity contribution in [2.24, 2.45) is 0 Å². The highest BCUT2D eigenvalue weighted by atomic mass is 16.2. The van der Waals surface area contributed by atoms with Crippen molar-refractivity contribution in [1.82, 2.24) is 10.2 Å². The molecular weight excluding hydrogens is 492 g/mol. The second-order valence-corrected chi connectivity index (χ2v) is 12.5. The van der Waals surface area contributed by atoms with Gasteiger partial charge in [-0.25, -0.2) is 0 Å². The number of aryl methyl sites for hydroxylation is 2. The molecule has 3 aromatic rings. The van der Waals surface area contributed by atoms with Crippen molar-refractivity contribution in [3.05, 3.63) is 107 Å². The summed E-state index contributed by atoms with van der Waals surface area (Å²) < 4.78 is 0. The molecule has 0 heterocycles. The molecule has 4 heteroatoms. The predicted octanol–water partition coefficient (Wildman–Crippen LogP) is 7.31. The van der Waals surface area contributed by atoms with Gasteiger partial charge in [-0.3, -0.25) is 9.59 Å². The van der Waals surface area contributed by atoms with E-state index in [0.717, 1.165) is 47.9 Å². The molecule has 1 aliphatic carbocycles. The molecule has 0 spiro atoms. The smallest absolute Gasteiger partial charge is 0.243 e. The number of hydrogen-bond donors (Lipinski definition) is 1. The molecule has 1 saturated carbocycles. The summed E-state index contributed by atoms with van der Waals surface area (Å²) in [6, 6.07) is 26.6. The van der Waals surface area contributed by atoms with E-state index in [1.807, 2.05) is 41.3 Å². The van der Waals surface area contributed by atoms with E-state index in [1.54, 1.807) is 0 Å². The Labute approximate surface area is 241 Å². The van der Waals surface area contributed by atoms with Gasteiger partial charge in [-0.05, 0) is 53.9 Å². The van der Waals surface area contributed by atoms with E-state index in [2.05, 4.69) is 75.5 Å². The Morgan fingerprint density at radius 2 is 1.52 bits per heavy atom. The molecule has 0 bridgehead atoms. The molecule has 40 heavy (non-hydrogen) atoms. The summed E-state index contributed by atoms with van der Waals surface area (Å²) in [7, 11) is 0. The van der Waals surface area contributed by atoms with Gasteiger partial charge in [-0.1, -0.05) is 124 Å². The van der Waals surface area contributed by atoms with E-state index in [1.165, 1.54) is 12.0 Å². The molecule has 1 aliphatic rings. The summed E-state index contributed by atoms with van der Waals surface area (Å²) in [5.41, 5.74) is 5.77. The van der Waals surface area contributed by atoms with Crippen LogP contribution < -0.4 is 5.32 Å². The highest BCUT2D eigenvalue weighted by Crippen LogP contribution is 2.24. The molecule has 1 N–H and O–H groups in total. The van der Waals surface area contributed by atoms with Crippen molar-refractivity contribution in [3.63, 3.8) is 0 Å². The van der Waals surface area contributed by atoms with E-state index < -0.39 is 6.04 Å². The van der Waals surface area contributed by atoms with Crippen LogP contribution in [0.2, 0.25) is 0 Å². The van der Waals surface area contributed by atoms with E-state index in [4.69, 9.17) is 0 Å². The van der Waals surface area contributed by atoms with Gasteiger partial charge in [0.2, 0.25) is 11.8 Å². The van der Waals surface area contributed by atoms with Gasteiger partial charge in [-0.2, -0.15) is 0 Å². The molecule has 0 unspecified atom stereocenters. The Morgan fingerprint density at radius 3 is 2.17 bits per heavy atom. The van der Waals surface area contributed by atoms with Crippen LogP contribution in [0.3, 0.4) is 0 Å². The third kappa shape index (κ3) is 8.55. The van der Waals surface area contributed by atoms with Crippen LogP contribution in [-0.2, 0) is 34.4 Å². The third-order valence-electron chi connectivity index (χ3n) is 8.11. The standard InChI is InChI=1S/C36H46N2O2/c1-27-12-11-15-30(24-27)26-38(34(39)23-20-28-18-21-31(22-19-28)36(2,3)4)33(25-29-13-7-5-8-14-29)35(40)37-32-16-9-6-10-17-32/h5,7-8,11-15,18-19,21-22,24,32-33H,6,9-10,16-17,20,23,25-26H2,1-4H3,(H,37,40)/t33-/m1/s1. The van der Waals surface area contributed by atoms with Gasteiger partial charge >= 0.3 is 0 Å². The summed E-state index contributed by atoms with van der Waals surface area (Å²) in [5.74, 6) is -0.0209. The number of amides is 2. The normalized spacial score (nSPS) is 14.9. The Kier molecular flexibility index (Phi) is 10.2. The van der Waals surface area contributed by atoms with Crippen LogP contribution in [0, 0.1) is 6.92 Å². The second kappa shape index (κ2) is 13.8. The third-order valence-corrected chi connectivity index (χ3v) is 8.11. The summed E-state index contributed by atoms with van der Waals surface area (Å²) in [6.45, 7) is 9.10. The minimum atomic E-state index is -0.569. The Morgan fingerprint density at radius 1 is 0.850 bits per heavy atom. The summed E-state index contributed by atoms with van der Waals surface area (Å²) in [5, 5.41) is 3.33. The zero-order chi connectivity index (χ0) is 28.5. The number of nitrogens with zero attached hydrogens (tertiary/aromatic N) is 1. The van der Waals surface area contributed by atoms with E-state index in [0.29, 0.717) is 25.8 Å². The monoisotopic (exact) mass is 538 g/mol. The van der Waals surface area contributed by atoms with Crippen LogP contribution in [0.1, 0.15) is 87.1 Å².